The summed E-state index contributed by atoms with van der Waals surface area (Å²) in [5, 5.41) is 10.8. The van der Waals surface area contributed by atoms with Crippen molar-refractivity contribution < 1.29 is 19.5 Å². The molecule has 86 valence electrons. The Hall–Kier alpha value is -1.43. The van der Waals surface area contributed by atoms with Crippen molar-refractivity contribution in [2.45, 2.75) is 38.3 Å². The molecule has 0 saturated heterocycles. The SMILES string of the molecule is CCC(N)C(=O)N[C@H](C=O)CCC(=O)O. The first kappa shape index (κ1) is 13.6. The van der Waals surface area contributed by atoms with Crippen LogP contribution in [0.15, 0.2) is 0 Å². The normalized spacial score (nSPS) is 14.0. The summed E-state index contributed by atoms with van der Waals surface area (Å²) in [5.74, 6) is -1.43. The van der Waals surface area contributed by atoms with Crippen LogP contribution in [-0.4, -0.2) is 35.4 Å². The monoisotopic (exact) mass is 216 g/mol. The summed E-state index contributed by atoms with van der Waals surface area (Å²) in [5.41, 5.74) is 5.43. The zero-order chi connectivity index (χ0) is 11.8. The van der Waals surface area contributed by atoms with Gasteiger partial charge in [0.05, 0.1) is 12.1 Å². The lowest BCUT2D eigenvalue weighted by Gasteiger charge is -2.14. The predicted octanol–water partition coefficient (Wildman–Crippen LogP) is -0.728. The summed E-state index contributed by atoms with van der Waals surface area (Å²) in [4.78, 5) is 32.0. The fraction of sp³-hybridized carbons (Fsp3) is 0.667. The van der Waals surface area contributed by atoms with Crippen molar-refractivity contribution in [2.75, 3.05) is 0 Å². The molecule has 4 N–H and O–H groups in total. The van der Waals surface area contributed by atoms with E-state index in [4.69, 9.17) is 10.8 Å². The highest BCUT2D eigenvalue weighted by atomic mass is 16.4. The van der Waals surface area contributed by atoms with Crippen LogP contribution in [0.5, 0.6) is 0 Å². The van der Waals surface area contributed by atoms with E-state index in [1.54, 1.807) is 6.92 Å². The number of nitrogens with two attached hydrogens (primary N) is 1. The summed E-state index contributed by atoms with van der Waals surface area (Å²) in [6, 6.07) is -1.43. The number of rotatable bonds is 7. The smallest absolute Gasteiger partial charge is 0.303 e. The maximum Gasteiger partial charge on any atom is 0.303 e. The van der Waals surface area contributed by atoms with Gasteiger partial charge in [-0.2, -0.15) is 0 Å². The Kier molecular flexibility index (Phi) is 6.28. The molecule has 0 spiro atoms. The highest BCUT2D eigenvalue weighted by Crippen LogP contribution is 1.96. The van der Waals surface area contributed by atoms with Crippen LogP contribution in [-0.2, 0) is 14.4 Å². The van der Waals surface area contributed by atoms with Gasteiger partial charge in [-0.1, -0.05) is 6.92 Å². The van der Waals surface area contributed by atoms with Crippen molar-refractivity contribution in [2.24, 2.45) is 5.73 Å². The lowest BCUT2D eigenvalue weighted by atomic mass is 10.1. The molecule has 6 heteroatoms. The van der Waals surface area contributed by atoms with Crippen LogP contribution >= 0.6 is 0 Å². The number of carboxylic acid groups (broad SMARTS) is 1. The fourth-order valence-electron chi connectivity index (χ4n) is 0.928. The average Bonchev–Trinajstić information content (AvgIpc) is 2.22. The fourth-order valence-corrected chi connectivity index (χ4v) is 0.928. The Balaban J connectivity index is 4.03. The zero-order valence-electron chi connectivity index (χ0n) is 8.60. The van der Waals surface area contributed by atoms with Gasteiger partial charge in [-0.15, -0.1) is 0 Å². The Morgan fingerprint density at radius 2 is 2.13 bits per heavy atom. The van der Waals surface area contributed by atoms with E-state index >= 15 is 0 Å². The Labute approximate surface area is 87.8 Å². The third-order valence-corrected chi connectivity index (χ3v) is 1.94. The van der Waals surface area contributed by atoms with Gasteiger partial charge >= 0.3 is 5.97 Å². The average molecular weight is 216 g/mol. The minimum absolute atomic E-state index is 0.0843. The number of aldehydes is 1. The first-order chi connectivity index (χ1) is 7.01. The second-order valence-corrected chi connectivity index (χ2v) is 3.20. The van der Waals surface area contributed by atoms with E-state index in [-0.39, 0.29) is 12.8 Å². The molecule has 0 rings (SSSR count). The standard InChI is InChI=1S/C9H16N2O4/c1-2-7(10)9(15)11-6(5-12)3-4-8(13)14/h5-7H,2-4,10H2,1H3,(H,11,15)(H,13,14)/t6-,7?/m0/s1. The van der Waals surface area contributed by atoms with Crippen LogP contribution in [0.25, 0.3) is 0 Å². The summed E-state index contributed by atoms with van der Waals surface area (Å²) in [7, 11) is 0. The summed E-state index contributed by atoms with van der Waals surface area (Å²) >= 11 is 0. The van der Waals surface area contributed by atoms with E-state index < -0.39 is 24.0 Å². The molecule has 0 aliphatic carbocycles. The Morgan fingerprint density at radius 3 is 2.53 bits per heavy atom. The molecule has 6 nitrogen and oxygen atoms in total. The minimum Gasteiger partial charge on any atom is -0.481 e. The van der Waals surface area contributed by atoms with Crippen molar-refractivity contribution >= 4 is 18.2 Å². The number of hydrogen-bond acceptors (Lipinski definition) is 4. The molecule has 0 aromatic heterocycles. The van der Waals surface area contributed by atoms with Gasteiger partial charge in [-0.05, 0) is 12.8 Å². The van der Waals surface area contributed by atoms with Crippen molar-refractivity contribution in [1.29, 1.82) is 0 Å². The van der Waals surface area contributed by atoms with E-state index in [1.165, 1.54) is 0 Å². The second-order valence-electron chi connectivity index (χ2n) is 3.20. The molecule has 2 atom stereocenters. The van der Waals surface area contributed by atoms with E-state index in [0.717, 1.165) is 0 Å². The number of carbonyl (C=O) groups is 3. The van der Waals surface area contributed by atoms with Gasteiger partial charge in [0.25, 0.3) is 0 Å². The number of aliphatic carboxylic acids is 1. The number of carboxylic acids is 1. The first-order valence-corrected chi connectivity index (χ1v) is 4.74. The first-order valence-electron chi connectivity index (χ1n) is 4.74. The molecule has 0 bridgehead atoms. The molecular formula is C9H16N2O4. The molecule has 15 heavy (non-hydrogen) atoms. The van der Waals surface area contributed by atoms with E-state index in [2.05, 4.69) is 5.32 Å². The minimum atomic E-state index is -1.00. The van der Waals surface area contributed by atoms with E-state index in [9.17, 15) is 14.4 Å². The van der Waals surface area contributed by atoms with Crippen LogP contribution in [0.2, 0.25) is 0 Å². The molecule has 1 unspecified atom stereocenters. The van der Waals surface area contributed by atoms with E-state index in [1.807, 2.05) is 0 Å². The van der Waals surface area contributed by atoms with Crippen molar-refractivity contribution in [1.82, 2.24) is 5.32 Å². The molecule has 0 aliphatic rings. The van der Waals surface area contributed by atoms with Crippen molar-refractivity contribution in [3.8, 4) is 0 Å². The van der Waals surface area contributed by atoms with Gasteiger partial charge < -0.3 is 21.0 Å². The zero-order valence-corrected chi connectivity index (χ0v) is 8.60. The van der Waals surface area contributed by atoms with Crippen molar-refractivity contribution in [3.63, 3.8) is 0 Å². The topological polar surface area (TPSA) is 109 Å². The number of carbonyl (C=O) groups excluding carboxylic acids is 2. The van der Waals surface area contributed by atoms with Crippen LogP contribution in [0.3, 0.4) is 0 Å². The highest BCUT2D eigenvalue weighted by Gasteiger charge is 2.16. The third-order valence-electron chi connectivity index (χ3n) is 1.94. The molecule has 1 amide bonds. The molecule has 0 aromatic rings. The quantitative estimate of drug-likeness (QED) is 0.486. The van der Waals surface area contributed by atoms with Crippen LogP contribution in [0, 0.1) is 0 Å². The number of amides is 1. The molecule has 0 aliphatic heterocycles. The van der Waals surface area contributed by atoms with Crippen LogP contribution < -0.4 is 11.1 Å². The van der Waals surface area contributed by atoms with Gasteiger partial charge in [0.2, 0.25) is 5.91 Å². The van der Waals surface area contributed by atoms with Crippen LogP contribution in [0.1, 0.15) is 26.2 Å². The largest absolute Gasteiger partial charge is 0.481 e. The predicted molar refractivity (Wildman–Crippen MR) is 53.1 cm³/mol. The van der Waals surface area contributed by atoms with Gasteiger partial charge in [0.1, 0.15) is 6.29 Å². The maximum absolute atomic E-state index is 11.2. The van der Waals surface area contributed by atoms with Gasteiger partial charge in [-0.25, -0.2) is 0 Å². The molecule has 0 aromatic carbocycles. The van der Waals surface area contributed by atoms with Crippen molar-refractivity contribution in [3.05, 3.63) is 0 Å². The number of nitrogens with one attached hydrogen (secondary N) is 1. The summed E-state index contributed by atoms with van der Waals surface area (Å²) in [6.45, 7) is 1.75. The lowest BCUT2D eigenvalue weighted by Crippen LogP contribution is -2.45. The molecular weight excluding hydrogens is 200 g/mol. The lowest BCUT2D eigenvalue weighted by molar-refractivity contribution is -0.137. The molecule has 0 fully saturated rings. The summed E-state index contributed by atoms with van der Waals surface area (Å²) in [6.07, 6.45) is 0.908. The molecule has 0 radical (unpaired) electrons. The third kappa shape index (κ3) is 5.79. The maximum atomic E-state index is 11.2. The van der Waals surface area contributed by atoms with E-state index in [0.29, 0.717) is 12.7 Å². The number of hydrogen-bond donors (Lipinski definition) is 3. The van der Waals surface area contributed by atoms with Gasteiger partial charge in [0, 0.05) is 6.42 Å². The van der Waals surface area contributed by atoms with Crippen LogP contribution in [0.4, 0.5) is 0 Å². The Morgan fingerprint density at radius 1 is 1.53 bits per heavy atom. The molecule has 0 saturated carbocycles. The second kappa shape index (κ2) is 6.94. The van der Waals surface area contributed by atoms with Gasteiger partial charge in [0.15, 0.2) is 0 Å². The Bertz CT molecular complexity index is 242. The van der Waals surface area contributed by atoms with Gasteiger partial charge in [-0.3, -0.25) is 9.59 Å². The highest BCUT2D eigenvalue weighted by molar-refractivity contribution is 5.84. The summed E-state index contributed by atoms with van der Waals surface area (Å²) < 4.78 is 0. The molecule has 0 heterocycles.